The van der Waals surface area contributed by atoms with E-state index in [9.17, 15) is 13.2 Å². The van der Waals surface area contributed by atoms with Crippen LogP contribution in [0.2, 0.25) is 0 Å². The molecule has 0 N–H and O–H groups in total. The monoisotopic (exact) mass is 344 g/mol. The molecule has 0 bridgehead atoms. The highest BCUT2D eigenvalue weighted by atomic mass is 35.7. The van der Waals surface area contributed by atoms with Crippen LogP contribution in [0.25, 0.3) is 0 Å². The molecule has 1 aromatic rings. The van der Waals surface area contributed by atoms with Gasteiger partial charge in [0.1, 0.15) is 5.25 Å². The Bertz CT molecular complexity index is 673. The van der Waals surface area contributed by atoms with Crippen molar-refractivity contribution < 1.29 is 17.9 Å². The van der Waals surface area contributed by atoms with Crippen molar-refractivity contribution in [3.63, 3.8) is 0 Å². The van der Waals surface area contributed by atoms with Gasteiger partial charge in [-0.2, -0.15) is 0 Å². The molecule has 1 amide bonds. The van der Waals surface area contributed by atoms with Crippen LogP contribution >= 0.6 is 10.7 Å². The Morgan fingerprint density at radius 2 is 1.77 bits per heavy atom. The summed E-state index contributed by atoms with van der Waals surface area (Å²) in [5, 5.41) is -0.848. The van der Waals surface area contributed by atoms with E-state index in [2.05, 4.69) is 4.90 Å². The molecule has 2 saturated heterocycles. The lowest BCUT2D eigenvalue weighted by Gasteiger charge is -2.32. The number of benzene rings is 1. The van der Waals surface area contributed by atoms with Crippen molar-refractivity contribution in [2.75, 3.05) is 42.6 Å². The van der Waals surface area contributed by atoms with Gasteiger partial charge in [-0.1, -0.05) is 12.1 Å². The number of amides is 1. The van der Waals surface area contributed by atoms with Gasteiger partial charge < -0.3 is 14.5 Å². The van der Waals surface area contributed by atoms with E-state index in [0.29, 0.717) is 13.2 Å². The van der Waals surface area contributed by atoms with E-state index in [1.807, 2.05) is 24.3 Å². The van der Waals surface area contributed by atoms with Gasteiger partial charge in [0, 0.05) is 36.7 Å². The van der Waals surface area contributed by atoms with Gasteiger partial charge in [-0.05, 0) is 12.1 Å². The third-order valence-electron chi connectivity index (χ3n) is 4.01. The molecule has 2 aliphatic rings. The van der Waals surface area contributed by atoms with Crippen molar-refractivity contribution in [1.29, 1.82) is 0 Å². The second-order valence-electron chi connectivity index (χ2n) is 5.39. The summed E-state index contributed by atoms with van der Waals surface area (Å²) in [4.78, 5) is 15.9. The van der Waals surface area contributed by atoms with Crippen LogP contribution in [-0.4, -0.2) is 52.4 Å². The Kier molecular flexibility index (Phi) is 4.29. The molecular formula is C14H17ClN2O4S. The molecular weight excluding hydrogens is 328 g/mol. The number of halogens is 1. The van der Waals surface area contributed by atoms with Gasteiger partial charge in [-0.25, -0.2) is 8.42 Å². The predicted molar refractivity (Wildman–Crippen MR) is 85.0 cm³/mol. The van der Waals surface area contributed by atoms with Gasteiger partial charge in [-0.3, -0.25) is 4.79 Å². The van der Waals surface area contributed by atoms with Crippen LogP contribution in [0.15, 0.2) is 24.3 Å². The molecule has 1 aromatic carbocycles. The molecule has 6 nitrogen and oxygen atoms in total. The van der Waals surface area contributed by atoms with Crippen molar-refractivity contribution in [3.8, 4) is 0 Å². The third kappa shape index (κ3) is 3.06. The van der Waals surface area contributed by atoms with E-state index in [4.69, 9.17) is 15.4 Å². The van der Waals surface area contributed by atoms with E-state index in [0.717, 1.165) is 24.5 Å². The van der Waals surface area contributed by atoms with Gasteiger partial charge in [0.25, 0.3) is 0 Å². The number of nitrogens with zero attached hydrogens (tertiary/aromatic N) is 2. The van der Waals surface area contributed by atoms with Gasteiger partial charge in [0.05, 0.1) is 24.6 Å². The molecule has 8 heteroatoms. The first-order chi connectivity index (χ1) is 10.5. The highest BCUT2D eigenvalue weighted by molar-refractivity contribution is 8.14. The van der Waals surface area contributed by atoms with Crippen molar-refractivity contribution >= 4 is 37.0 Å². The van der Waals surface area contributed by atoms with Crippen LogP contribution in [-0.2, 0) is 18.6 Å². The molecule has 120 valence electrons. The Morgan fingerprint density at radius 3 is 2.36 bits per heavy atom. The van der Waals surface area contributed by atoms with Crippen molar-refractivity contribution in [1.82, 2.24) is 0 Å². The number of morpholine rings is 1. The number of carbonyl (C=O) groups excluding carboxylic acids is 1. The molecule has 2 heterocycles. The number of hydrogen-bond acceptors (Lipinski definition) is 5. The van der Waals surface area contributed by atoms with Gasteiger partial charge in [-0.15, -0.1) is 0 Å². The van der Waals surface area contributed by atoms with Crippen LogP contribution in [0.5, 0.6) is 0 Å². The number of hydrogen-bond donors (Lipinski definition) is 0. The number of para-hydroxylation sites is 2. The number of rotatable bonds is 3. The van der Waals surface area contributed by atoms with Gasteiger partial charge >= 0.3 is 0 Å². The average Bonchev–Trinajstić information content (AvgIpc) is 2.90. The summed E-state index contributed by atoms with van der Waals surface area (Å²) in [6.45, 7) is 2.88. The van der Waals surface area contributed by atoms with Crippen LogP contribution < -0.4 is 9.80 Å². The van der Waals surface area contributed by atoms with E-state index < -0.39 is 14.3 Å². The standard InChI is InChI=1S/C14H17ClN2O4S/c15-22(19,20)11-9-14(18)17(10-11)13-4-2-1-3-12(13)16-5-7-21-8-6-16/h1-4,11H,5-10H2. The van der Waals surface area contributed by atoms with E-state index in [1.165, 1.54) is 4.90 Å². The van der Waals surface area contributed by atoms with E-state index in [1.54, 1.807) is 0 Å². The zero-order valence-corrected chi connectivity index (χ0v) is 13.5. The van der Waals surface area contributed by atoms with E-state index in [-0.39, 0.29) is 18.9 Å². The summed E-state index contributed by atoms with van der Waals surface area (Å²) in [5.41, 5.74) is 1.66. The predicted octanol–water partition coefficient (Wildman–Crippen LogP) is 1.20. The molecule has 3 rings (SSSR count). The highest BCUT2D eigenvalue weighted by Gasteiger charge is 2.39. The Balaban J connectivity index is 1.90. The fourth-order valence-electron chi connectivity index (χ4n) is 2.86. The van der Waals surface area contributed by atoms with Crippen LogP contribution in [0, 0.1) is 0 Å². The summed E-state index contributed by atoms with van der Waals surface area (Å²) in [6, 6.07) is 7.53. The quantitative estimate of drug-likeness (QED) is 0.771. The molecule has 0 radical (unpaired) electrons. The van der Waals surface area contributed by atoms with Crippen LogP contribution in [0.4, 0.5) is 11.4 Å². The molecule has 2 aliphatic heterocycles. The molecule has 1 atom stereocenters. The lowest BCUT2D eigenvalue weighted by Crippen LogP contribution is -2.38. The minimum absolute atomic E-state index is 0.0662. The molecule has 1 unspecified atom stereocenters. The van der Waals surface area contributed by atoms with Crippen LogP contribution in [0.3, 0.4) is 0 Å². The second kappa shape index (κ2) is 6.06. The summed E-state index contributed by atoms with van der Waals surface area (Å²) in [5.74, 6) is -0.213. The van der Waals surface area contributed by atoms with Crippen LogP contribution in [0.1, 0.15) is 6.42 Å². The van der Waals surface area contributed by atoms with Crippen molar-refractivity contribution in [2.45, 2.75) is 11.7 Å². The lowest BCUT2D eigenvalue weighted by molar-refractivity contribution is -0.117. The molecule has 0 saturated carbocycles. The largest absolute Gasteiger partial charge is 0.378 e. The summed E-state index contributed by atoms with van der Waals surface area (Å²) in [7, 11) is 1.67. The second-order valence-corrected chi connectivity index (χ2v) is 8.30. The maximum absolute atomic E-state index is 12.2. The first-order valence-corrected chi connectivity index (χ1v) is 9.49. The summed E-state index contributed by atoms with van der Waals surface area (Å²) in [6.07, 6.45) is -0.0662. The molecule has 22 heavy (non-hydrogen) atoms. The minimum atomic E-state index is -3.74. The van der Waals surface area contributed by atoms with Gasteiger partial charge in [0.2, 0.25) is 15.0 Å². The molecule has 0 aliphatic carbocycles. The lowest BCUT2D eigenvalue weighted by atomic mass is 10.2. The normalized spacial score (nSPS) is 23.1. The first-order valence-electron chi connectivity index (χ1n) is 7.12. The average molecular weight is 345 g/mol. The minimum Gasteiger partial charge on any atom is -0.378 e. The third-order valence-corrected chi connectivity index (χ3v) is 5.88. The maximum Gasteiger partial charge on any atom is 0.237 e. The molecule has 0 aromatic heterocycles. The summed E-state index contributed by atoms with van der Waals surface area (Å²) >= 11 is 0. The first kappa shape index (κ1) is 15.6. The van der Waals surface area contributed by atoms with Crippen molar-refractivity contribution in [3.05, 3.63) is 24.3 Å². The smallest absolute Gasteiger partial charge is 0.237 e. The van der Waals surface area contributed by atoms with E-state index >= 15 is 0 Å². The molecule has 2 fully saturated rings. The Hall–Kier alpha value is -1.31. The number of anilines is 2. The Morgan fingerprint density at radius 1 is 1.14 bits per heavy atom. The molecule has 0 spiro atoms. The maximum atomic E-state index is 12.2. The summed E-state index contributed by atoms with van der Waals surface area (Å²) < 4.78 is 28.4. The fourth-order valence-corrected chi connectivity index (χ4v) is 3.89. The van der Waals surface area contributed by atoms with Gasteiger partial charge in [0.15, 0.2) is 0 Å². The Labute approximate surface area is 134 Å². The van der Waals surface area contributed by atoms with Crippen molar-refractivity contribution in [2.24, 2.45) is 0 Å². The highest BCUT2D eigenvalue weighted by Crippen LogP contribution is 2.34. The number of ether oxygens (including phenoxy) is 1. The fraction of sp³-hybridized carbons (Fsp3) is 0.500. The zero-order valence-electron chi connectivity index (χ0n) is 11.9. The zero-order chi connectivity index (χ0) is 15.7. The topological polar surface area (TPSA) is 66.9 Å². The SMILES string of the molecule is O=C1CC(S(=O)(=O)Cl)CN1c1ccccc1N1CCOCC1. The number of carbonyl (C=O) groups is 1.